The van der Waals surface area contributed by atoms with Gasteiger partial charge in [-0.05, 0) is 36.9 Å². The summed E-state index contributed by atoms with van der Waals surface area (Å²) >= 11 is 0. The lowest BCUT2D eigenvalue weighted by Gasteiger charge is -2.38. The van der Waals surface area contributed by atoms with Crippen molar-refractivity contribution in [1.82, 2.24) is 4.90 Å². The minimum atomic E-state index is -1.98. The number of rotatable bonds is 4. The van der Waals surface area contributed by atoms with Crippen LogP contribution in [0.3, 0.4) is 0 Å². The Morgan fingerprint density at radius 2 is 1.90 bits per heavy atom. The number of Topliss-reactive ketones (excluding diaryl/α,β-unsaturated/α-hetero) is 1. The van der Waals surface area contributed by atoms with Gasteiger partial charge in [-0.2, -0.15) is 0 Å². The molecule has 122 valence electrons. The summed E-state index contributed by atoms with van der Waals surface area (Å²) in [6.07, 6.45) is 0.415. The standard InChI is InChI=1S/C15H29NO4Si/c1-11-7-8-16(14(18)19)12(9-11)13(17)10-20-21(5,6)15(2,3)4/h11-12H,7-10H2,1-6H3,(H,18,19)/t11-,12-/m1/s1. The van der Waals surface area contributed by atoms with Crippen LogP contribution in [0, 0.1) is 5.92 Å². The Bertz CT molecular complexity index is 403. The number of carbonyl (C=O) groups is 2. The molecule has 1 rings (SSSR count). The molecule has 0 aromatic heterocycles. The first kappa shape index (κ1) is 18.2. The Kier molecular flexibility index (Phi) is 5.61. The molecule has 1 aliphatic heterocycles. The van der Waals surface area contributed by atoms with Crippen LogP contribution in [0.5, 0.6) is 0 Å². The molecular weight excluding hydrogens is 286 g/mol. The van der Waals surface area contributed by atoms with Crippen LogP contribution in [0.2, 0.25) is 18.1 Å². The molecule has 1 saturated heterocycles. The summed E-state index contributed by atoms with van der Waals surface area (Å²) in [5.41, 5.74) is 0. The summed E-state index contributed by atoms with van der Waals surface area (Å²) < 4.78 is 5.94. The zero-order valence-corrected chi connectivity index (χ0v) is 15.1. The van der Waals surface area contributed by atoms with Crippen LogP contribution < -0.4 is 0 Å². The van der Waals surface area contributed by atoms with E-state index in [0.717, 1.165) is 6.42 Å². The molecule has 0 spiro atoms. The normalized spacial score (nSPS) is 24.0. The van der Waals surface area contributed by atoms with Gasteiger partial charge < -0.3 is 9.53 Å². The zero-order chi connectivity index (χ0) is 16.4. The molecule has 21 heavy (non-hydrogen) atoms. The van der Waals surface area contributed by atoms with Gasteiger partial charge in [-0.3, -0.25) is 9.69 Å². The molecule has 2 atom stereocenters. The van der Waals surface area contributed by atoms with E-state index in [4.69, 9.17) is 4.43 Å². The summed E-state index contributed by atoms with van der Waals surface area (Å²) in [4.78, 5) is 25.0. The highest BCUT2D eigenvalue weighted by molar-refractivity contribution is 6.74. The van der Waals surface area contributed by atoms with Crippen LogP contribution in [0.1, 0.15) is 40.5 Å². The molecule has 0 radical (unpaired) electrons. The van der Waals surface area contributed by atoms with Gasteiger partial charge in [0, 0.05) is 6.54 Å². The highest BCUT2D eigenvalue weighted by atomic mass is 28.4. The van der Waals surface area contributed by atoms with E-state index in [0.29, 0.717) is 18.9 Å². The maximum absolute atomic E-state index is 12.4. The fourth-order valence-electron chi connectivity index (χ4n) is 2.24. The number of hydrogen-bond donors (Lipinski definition) is 1. The van der Waals surface area contributed by atoms with Crippen molar-refractivity contribution in [2.45, 2.75) is 64.7 Å². The van der Waals surface area contributed by atoms with Crippen molar-refractivity contribution in [2.24, 2.45) is 5.92 Å². The molecule has 1 fully saturated rings. The largest absolute Gasteiger partial charge is 0.465 e. The number of amides is 1. The summed E-state index contributed by atoms with van der Waals surface area (Å²) in [6.45, 7) is 13.1. The molecule has 0 aromatic rings. The van der Waals surface area contributed by atoms with Gasteiger partial charge in [-0.15, -0.1) is 0 Å². The topological polar surface area (TPSA) is 66.8 Å². The van der Waals surface area contributed by atoms with E-state index < -0.39 is 20.5 Å². The third kappa shape index (κ3) is 4.54. The van der Waals surface area contributed by atoms with E-state index in [2.05, 4.69) is 40.8 Å². The minimum absolute atomic E-state index is 0.0255. The van der Waals surface area contributed by atoms with Gasteiger partial charge in [0.15, 0.2) is 14.1 Å². The number of ketones is 1. The van der Waals surface area contributed by atoms with E-state index in [1.807, 2.05) is 0 Å². The molecule has 0 bridgehead atoms. The second-order valence-electron chi connectivity index (χ2n) is 7.64. The van der Waals surface area contributed by atoms with Crippen molar-refractivity contribution < 1.29 is 19.1 Å². The van der Waals surface area contributed by atoms with Crippen LogP contribution in [-0.2, 0) is 9.22 Å². The summed E-state index contributed by atoms with van der Waals surface area (Å²) in [5, 5.41) is 9.28. The average molecular weight is 315 g/mol. The van der Waals surface area contributed by atoms with Crippen LogP contribution in [0.25, 0.3) is 0 Å². The molecule has 5 nitrogen and oxygen atoms in total. The van der Waals surface area contributed by atoms with Gasteiger partial charge in [-0.1, -0.05) is 27.7 Å². The molecule has 0 saturated carbocycles. The Morgan fingerprint density at radius 1 is 1.33 bits per heavy atom. The maximum atomic E-state index is 12.4. The van der Waals surface area contributed by atoms with E-state index in [9.17, 15) is 14.7 Å². The molecule has 1 amide bonds. The molecule has 0 aliphatic carbocycles. The van der Waals surface area contributed by atoms with Crippen molar-refractivity contribution in [3.8, 4) is 0 Å². The Hall–Kier alpha value is -0.883. The highest BCUT2D eigenvalue weighted by Crippen LogP contribution is 2.36. The first-order valence-corrected chi connectivity index (χ1v) is 10.5. The predicted molar refractivity (Wildman–Crippen MR) is 85.1 cm³/mol. The van der Waals surface area contributed by atoms with Crippen LogP contribution in [-0.4, -0.2) is 49.4 Å². The second-order valence-corrected chi connectivity index (χ2v) is 12.4. The Labute approximate surface area is 128 Å². The van der Waals surface area contributed by atoms with Crippen LogP contribution >= 0.6 is 0 Å². The molecule has 1 aliphatic rings. The van der Waals surface area contributed by atoms with Gasteiger partial charge in [0.1, 0.15) is 0 Å². The third-order valence-electron chi connectivity index (χ3n) is 4.86. The first-order chi connectivity index (χ1) is 9.45. The quantitative estimate of drug-likeness (QED) is 0.808. The number of piperidine rings is 1. The average Bonchev–Trinajstić information content (AvgIpc) is 2.34. The summed E-state index contributed by atoms with van der Waals surface area (Å²) in [6, 6.07) is -0.545. The summed E-state index contributed by atoms with van der Waals surface area (Å²) in [5.74, 6) is 0.274. The molecule has 0 aromatic carbocycles. The van der Waals surface area contributed by atoms with Crippen molar-refractivity contribution in [3.63, 3.8) is 0 Å². The summed E-state index contributed by atoms with van der Waals surface area (Å²) in [7, 11) is -1.98. The van der Waals surface area contributed by atoms with Gasteiger partial charge >= 0.3 is 6.09 Å². The predicted octanol–water partition coefficient (Wildman–Crippen LogP) is 3.36. The Balaban J connectivity index is 2.70. The van der Waals surface area contributed by atoms with E-state index in [1.54, 1.807) is 0 Å². The third-order valence-corrected chi connectivity index (χ3v) is 9.34. The van der Waals surface area contributed by atoms with Crippen molar-refractivity contribution in [3.05, 3.63) is 0 Å². The maximum Gasteiger partial charge on any atom is 0.407 e. The molecule has 1 heterocycles. The number of carboxylic acid groups (broad SMARTS) is 1. The second kappa shape index (κ2) is 6.48. The van der Waals surface area contributed by atoms with E-state index in [-0.39, 0.29) is 17.4 Å². The van der Waals surface area contributed by atoms with Gasteiger partial charge in [0.05, 0.1) is 12.6 Å². The monoisotopic (exact) mass is 315 g/mol. The van der Waals surface area contributed by atoms with Crippen LogP contribution in [0.15, 0.2) is 0 Å². The number of nitrogens with zero attached hydrogens (tertiary/aromatic N) is 1. The lowest BCUT2D eigenvalue weighted by atomic mass is 9.90. The van der Waals surface area contributed by atoms with Crippen LogP contribution in [0.4, 0.5) is 4.79 Å². The van der Waals surface area contributed by atoms with E-state index in [1.165, 1.54) is 4.90 Å². The number of likely N-dealkylation sites (tertiary alicyclic amines) is 1. The molecule has 6 heteroatoms. The fraction of sp³-hybridized carbons (Fsp3) is 0.867. The van der Waals surface area contributed by atoms with Crippen molar-refractivity contribution >= 4 is 20.2 Å². The van der Waals surface area contributed by atoms with E-state index >= 15 is 0 Å². The lowest BCUT2D eigenvalue weighted by Crippen LogP contribution is -2.51. The van der Waals surface area contributed by atoms with Gasteiger partial charge in [-0.25, -0.2) is 4.79 Å². The van der Waals surface area contributed by atoms with Crippen molar-refractivity contribution in [2.75, 3.05) is 13.2 Å². The molecule has 1 N–H and O–H groups in total. The fourth-order valence-corrected chi connectivity index (χ4v) is 3.18. The molecular formula is C15H29NO4Si. The zero-order valence-electron chi connectivity index (χ0n) is 14.1. The number of carbonyl (C=O) groups excluding carboxylic acids is 1. The smallest absolute Gasteiger partial charge is 0.407 e. The lowest BCUT2D eigenvalue weighted by molar-refractivity contribution is -0.127. The number of hydrogen-bond acceptors (Lipinski definition) is 3. The first-order valence-electron chi connectivity index (χ1n) is 7.62. The van der Waals surface area contributed by atoms with Crippen molar-refractivity contribution in [1.29, 1.82) is 0 Å². The SMILES string of the molecule is C[C@@H]1CCN(C(=O)O)[C@@H](C(=O)CO[Si](C)(C)C(C)(C)C)C1. The van der Waals surface area contributed by atoms with Gasteiger partial charge in [0.2, 0.25) is 0 Å². The molecule has 0 unspecified atom stereocenters. The van der Waals surface area contributed by atoms with Gasteiger partial charge in [0.25, 0.3) is 0 Å². The Morgan fingerprint density at radius 3 is 2.38 bits per heavy atom. The minimum Gasteiger partial charge on any atom is -0.465 e. The highest BCUT2D eigenvalue weighted by Gasteiger charge is 2.40.